The Bertz CT molecular complexity index is 1650. The summed E-state index contributed by atoms with van der Waals surface area (Å²) in [6.45, 7) is -0.207. The van der Waals surface area contributed by atoms with Crippen molar-refractivity contribution in [2.75, 3.05) is 23.8 Å². The van der Waals surface area contributed by atoms with Gasteiger partial charge in [-0.2, -0.15) is 0 Å². The summed E-state index contributed by atoms with van der Waals surface area (Å²) in [4.78, 5) is 34.7. The van der Waals surface area contributed by atoms with E-state index in [1.807, 2.05) is 24.3 Å². The van der Waals surface area contributed by atoms with Crippen LogP contribution in [-0.4, -0.2) is 39.7 Å². The van der Waals surface area contributed by atoms with Gasteiger partial charge >= 0.3 is 0 Å². The molecule has 4 N–H and O–H groups in total. The Morgan fingerprint density at radius 3 is 2.62 bits per heavy atom. The first-order valence-electron chi connectivity index (χ1n) is 14.1. The SMILES string of the molecule is O=C(NOCCO)c1cc2c(ncn2Cc2cccc(NC(=O)C3CCC3)c2)c(F)c1Nc1ccc(C2CC2)cc1F. The van der Waals surface area contributed by atoms with Crippen LogP contribution < -0.4 is 16.1 Å². The molecule has 1 heterocycles. The second kappa shape index (κ2) is 11.9. The molecule has 2 aliphatic carbocycles. The molecule has 11 heteroatoms. The van der Waals surface area contributed by atoms with Gasteiger partial charge in [0.1, 0.15) is 11.3 Å². The topological polar surface area (TPSA) is 118 Å². The average Bonchev–Trinajstić information content (AvgIpc) is 3.71. The highest BCUT2D eigenvalue weighted by Gasteiger charge is 2.27. The van der Waals surface area contributed by atoms with E-state index in [0.717, 1.165) is 43.2 Å². The number of hydrogen-bond acceptors (Lipinski definition) is 6. The number of imidazole rings is 1. The number of aromatic nitrogens is 2. The van der Waals surface area contributed by atoms with Crippen LogP contribution in [-0.2, 0) is 16.2 Å². The van der Waals surface area contributed by atoms with Crippen LogP contribution in [0.3, 0.4) is 0 Å². The molecule has 0 bridgehead atoms. The molecule has 1 aromatic heterocycles. The number of rotatable bonds is 11. The summed E-state index contributed by atoms with van der Waals surface area (Å²) in [5.74, 6) is -1.77. The van der Waals surface area contributed by atoms with Crippen LogP contribution in [0.25, 0.3) is 11.0 Å². The maximum atomic E-state index is 16.0. The molecule has 3 aromatic carbocycles. The van der Waals surface area contributed by atoms with Gasteiger partial charge in [-0.1, -0.05) is 24.6 Å². The lowest BCUT2D eigenvalue weighted by Gasteiger charge is -2.24. The van der Waals surface area contributed by atoms with Gasteiger partial charge in [0.2, 0.25) is 5.91 Å². The number of aliphatic hydroxyl groups is 1. The predicted octanol–water partition coefficient (Wildman–Crippen LogP) is 5.38. The summed E-state index contributed by atoms with van der Waals surface area (Å²) in [7, 11) is 0. The van der Waals surface area contributed by atoms with Crippen LogP contribution in [0.15, 0.2) is 54.9 Å². The fraction of sp³-hybridized carbons (Fsp3) is 0.323. The lowest BCUT2D eigenvalue weighted by molar-refractivity contribution is -0.122. The number of hydrogen-bond donors (Lipinski definition) is 4. The van der Waals surface area contributed by atoms with Crippen LogP contribution in [0, 0.1) is 17.6 Å². The lowest BCUT2D eigenvalue weighted by atomic mass is 9.85. The molecule has 9 nitrogen and oxygen atoms in total. The minimum Gasteiger partial charge on any atom is -0.394 e. The number of amides is 2. The summed E-state index contributed by atoms with van der Waals surface area (Å²) in [5, 5.41) is 14.7. The second-order valence-electron chi connectivity index (χ2n) is 10.8. The van der Waals surface area contributed by atoms with Crippen LogP contribution in [0.5, 0.6) is 0 Å². The molecule has 0 radical (unpaired) electrons. The Balaban J connectivity index is 1.31. The number of carbonyl (C=O) groups is 2. The highest BCUT2D eigenvalue weighted by atomic mass is 19.1. The molecule has 42 heavy (non-hydrogen) atoms. The van der Waals surface area contributed by atoms with Crippen LogP contribution in [0.2, 0.25) is 0 Å². The maximum absolute atomic E-state index is 16.0. The normalized spacial score (nSPS) is 14.9. The van der Waals surface area contributed by atoms with E-state index in [4.69, 9.17) is 9.94 Å². The van der Waals surface area contributed by atoms with Crippen molar-refractivity contribution in [1.29, 1.82) is 0 Å². The Morgan fingerprint density at radius 2 is 1.90 bits per heavy atom. The van der Waals surface area contributed by atoms with Crippen molar-refractivity contribution in [2.45, 2.75) is 44.6 Å². The van der Waals surface area contributed by atoms with Crippen LogP contribution in [0.4, 0.5) is 25.8 Å². The van der Waals surface area contributed by atoms with Gasteiger partial charge in [0.15, 0.2) is 5.82 Å². The fourth-order valence-corrected chi connectivity index (χ4v) is 5.10. The van der Waals surface area contributed by atoms with E-state index in [0.29, 0.717) is 17.1 Å². The molecule has 6 rings (SSSR count). The summed E-state index contributed by atoms with van der Waals surface area (Å²) in [5.41, 5.74) is 4.54. The molecule has 2 saturated carbocycles. The molecule has 0 aliphatic heterocycles. The van der Waals surface area contributed by atoms with E-state index >= 15 is 4.39 Å². The van der Waals surface area contributed by atoms with Gasteiger partial charge < -0.3 is 20.3 Å². The Labute approximate surface area is 240 Å². The summed E-state index contributed by atoms with van der Waals surface area (Å²) in [6, 6.07) is 13.6. The average molecular weight is 576 g/mol. The predicted molar refractivity (Wildman–Crippen MR) is 153 cm³/mol. The number of nitrogens with one attached hydrogen (secondary N) is 3. The molecular formula is C31H31F2N5O4. The minimum atomic E-state index is -0.828. The van der Waals surface area contributed by atoms with E-state index < -0.39 is 17.5 Å². The van der Waals surface area contributed by atoms with Gasteiger partial charge in [0.05, 0.1) is 42.0 Å². The number of aliphatic hydroxyl groups excluding tert-OH is 1. The van der Waals surface area contributed by atoms with Crippen molar-refractivity contribution >= 4 is 39.9 Å². The van der Waals surface area contributed by atoms with E-state index in [1.54, 1.807) is 10.6 Å². The maximum Gasteiger partial charge on any atom is 0.277 e. The third-order valence-electron chi connectivity index (χ3n) is 7.78. The first-order chi connectivity index (χ1) is 20.4. The van der Waals surface area contributed by atoms with E-state index in [1.165, 1.54) is 24.5 Å². The molecule has 2 fully saturated rings. The number of fused-ring (bicyclic) bond motifs is 1. The second-order valence-corrected chi connectivity index (χ2v) is 10.8. The zero-order valence-corrected chi connectivity index (χ0v) is 22.8. The number of nitrogens with zero attached hydrogens (tertiary/aromatic N) is 2. The van der Waals surface area contributed by atoms with E-state index in [-0.39, 0.29) is 54.0 Å². The van der Waals surface area contributed by atoms with Crippen molar-refractivity contribution in [3.05, 3.63) is 83.2 Å². The molecule has 0 spiro atoms. The first kappa shape index (κ1) is 27.8. The highest BCUT2D eigenvalue weighted by Crippen LogP contribution is 2.41. The Morgan fingerprint density at radius 1 is 1.07 bits per heavy atom. The van der Waals surface area contributed by atoms with Crippen LogP contribution >= 0.6 is 0 Å². The molecule has 2 aliphatic rings. The van der Waals surface area contributed by atoms with Crippen molar-refractivity contribution in [3.63, 3.8) is 0 Å². The molecule has 0 atom stereocenters. The summed E-state index contributed by atoms with van der Waals surface area (Å²) in [6.07, 6.45) is 6.35. The highest BCUT2D eigenvalue weighted by molar-refractivity contribution is 6.04. The van der Waals surface area contributed by atoms with Crippen molar-refractivity contribution in [2.24, 2.45) is 5.92 Å². The summed E-state index contributed by atoms with van der Waals surface area (Å²) < 4.78 is 32.7. The molecule has 0 saturated heterocycles. The molecule has 0 unspecified atom stereocenters. The van der Waals surface area contributed by atoms with Gasteiger partial charge in [0, 0.05) is 18.2 Å². The number of anilines is 3. The zero-order valence-electron chi connectivity index (χ0n) is 22.8. The number of carbonyl (C=O) groups excluding carboxylic acids is 2. The van der Waals surface area contributed by atoms with Crippen LogP contribution in [0.1, 0.15) is 59.5 Å². The van der Waals surface area contributed by atoms with Crippen molar-refractivity contribution in [1.82, 2.24) is 15.0 Å². The van der Waals surface area contributed by atoms with E-state index in [2.05, 4.69) is 21.1 Å². The van der Waals surface area contributed by atoms with Gasteiger partial charge in [-0.05, 0) is 73.1 Å². The molecular weight excluding hydrogens is 544 g/mol. The molecule has 2 amide bonds. The number of benzene rings is 3. The third kappa shape index (κ3) is 5.83. The van der Waals surface area contributed by atoms with Gasteiger partial charge in [0.25, 0.3) is 5.91 Å². The zero-order chi connectivity index (χ0) is 29.2. The summed E-state index contributed by atoms with van der Waals surface area (Å²) >= 11 is 0. The van der Waals surface area contributed by atoms with Crippen molar-refractivity contribution in [3.8, 4) is 0 Å². The standard InChI is InChI=1S/C31H31F2N5O4/c32-24-14-21(19-7-8-19)9-10-25(24)36-28-23(31(41)37-42-12-11-39)15-26-29(27(28)33)34-17-38(26)16-18-3-1-6-22(13-18)35-30(40)20-4-2-5-20/h1,3,6,9-10,13-15,17,19-20,36,39H,2,4-5,7-8,11-12,16H2,(H,35,40)(H,37,41). The van der Waals surface area contributed by atoms with Gasteiger partial charge in [-0.15, -0.1) is 0 Å². The van der Waals surface area contributed by atoms with Crippen molar-refractivity contribution < 1.29 is 28.3 Å². The number of halogens is 2. The first-order valence-corrected chi connectivity index (χ1v) is 14.1. The fourth-order valence-electron chi connectivity index (χ4n) is 5.10. The largest absolute Gasteiger partial charge is 0.394 e. The number of hydroxylamine groups is 1. The monoisotopic (exact) mass is 575 g/mol. The lowest BCUT2D eigenvalue weighted by Crippen LogP contribution is -2.28. The quantitative estimate of drug-likeness (QED) is 0.141. The Kier molecular flexibility index (Phi) is 7.86. The minimum absolute atomic E-state index is 0.00484. The third-order valence-corrected chi connectivity index (χ3v) is 7.78. The Hall–Kier alpha value is -4.35. The smallest absolute Gasteiger partial charge is 0.277 e. The van der Waals surface area contributed by atoms with Gasteiger partial charge in [-0.25, -0.2) is 19.2 Å². The van der Waals surface area contributed by atoms with Gasteiger partial charge in [-0.3, -0.25) is 14.4 Å². The van der Waals surface area contributed by atoms with E-state index in [9.17, 15) is 14.0 Å². The molecule has 218 valence electrons. The molecule has 4 aromatic rings.